The second-order valence-electron chi connectivity index (χ2n) is 7.98. The van der Waals surface area contributed by atoms with Crippen LogP contribution in [0.4, 0.5) is 0 Å². The van der Waals surface area contributed by atoms with Crippen molar-refractivity contribution in [1.29, 1.82) is 0 Å². The molecule has 4 rings (SSSR count). The molecule has 2 aromatic heterocycles. The van der Waals surface area contributed by atoms with Crippen molar-refractivity contribution in [2.45, 2.75) is 47.2 Å². The molecule has 1 aliphatic heterocycles. The number of fused-ring (bicyclic) bond motifs is 1. The zero-order chi connectivity index (χ0) is 24.6. The average molecular weight is 481 g/mol. The number of ether oxygens (including phenoxy) is 2. The third kappa shape index (κ3) is 4.00. The van der Waals surface area contributed by atoms with E-state index in [2.05, 4.69) is 10.1 Å². The minimum atomic E-state index is -0.649. The molecular weight excluding hydrogens is 452 g/mol. The topological polar surface area (TPSA) is 87.7 Å². The fourth-order valence-corrected chi connectivity index (χ4v) is 5.28. The van der Waals surface area contributed by atoms with E-state index in [1.165, 1.54) is 11.3 Å². The van der Waals surface area contributed by atoms with Crippen LogP contribution in [0.5, 0.6) is 5.75 Å². The number of nitrogens with zero attached hydrogens (tertiary/aromatic N) is 4. The first-order valence-electron chi connectivity index (χ1n) is 11.2. The number of carbonyl (C=O) groups excluding carboxylic acids is 1. The van der Waals surface area contributed by atoms with E-state index in [1.807, 2.05) is 55.8 Å². The Balaban J connectivity index is 1.96. The first-order valence-corrected chi connectivity index (χ1v) is 12.0. The molecule has 0 saturated carbocycles. The van der Waals surface area contributed by atoms with Crippen molar-refractivity contribution in [1.82, 2.24) is 14.3 Å². The van der Waals surface area contributed by atoms with Gasteiger partial charge in [-0.2, -0.15) is 5.10 Å². The molecule has 3 heterocycles. The molecule has 3 aromatic rings. The van der Waals surface area contributed by atoms with Crippen LogP contribution in [-0.2, 0) is 16.1 Å². The van der Waals surface area contributed by atoms with E-state index >= 15 is 0 Å². The van der Waals surface area contributed by atoms with E-state index in [1.54, 1.807) is 25.5 Å². The zero-order valence-corrected chi connectivity index (χ0v) is 21.0. The highest BCUT2D eigenvalue weighted by Gasteiger charge is 2.33. The molecule has 8 nitrogen and oxygen atoms in total. The van der Waals surface area contributed by atoms with Crippen molar-refractivity contribution in [2.75, 3.05) is 13.7 Å². The Morgan fingerprint density at radius 3 is 2.47 bits per heavy atom. The normalized spacial score (nSPS) is 15.8. The predicted molar refractivity (Wildman–Crippen MR) is 131 cm³/mol. The van der Waals surface area contributed by atoms with Crippen molar-refractivity contribution < 1.29 is 14.3 Å². The number of esters is 1. The lowest BCUT2D eigenvalue weighted by Crippen LogP contribution is -2.39. The summed E-state index contributed by atoms with van der Waals surface area (Å²) < 4.78 is 14.7. The molecule has 178 valence electrons. The van der Waals surface area contributed by atoms with Gasteiger partial charge in [-0.05, 0) is 58.4 Å². The van der Waals surface area contributed by atoms with E-state index in [0.717, 1.165) is 29.1 Å². The van der Waals surface area contributed by atoms with Crippen molar-refractivity contribution in [3.63, 3.8) is 0 Å². The SMILES string of the molecule is CCOC(=O)C1=C(C)N=c2s/c(=C/c3c(C)nn(CC)c3C)c(=O)n2[C@@H]1c1ccc(OC)cc1. The predicted octanol–water partition coefficient (Wildman–Crippen LogP) is 2.64. The van der Waals surface area contributed by atoms with Gasteiger partial charge in [-0.15, -0.1) is 0 Å². The summed E-state index contributed by atoms with van der Waals surface area (Å²) in [6, 6.07) is 6.70. The first kappa shape index (κ1) is 23.7. The number of aromatic nitrogens is 3. The molecule has 0 amide bonds. The lowest BCUT2D eigenvalue weighted by Gasteiger charge is -2.24. The van der Waals surface area contributed by atoms with Crippen molar-refractivity contribution in [3.05, 3.63) is 77.7 Å². The molecule has 0 bridgehead atoms. The number of allylic oxidation sites excluding steroid dienone is 1. The Labute approximate surface area is 201 Å². The minimum absolute atomic E-state index is 0.207. The molecule has 0 spiro atoms. The second kappa shape index (κ2) is 9.42. The molecule has 0 fully saturated rings. The lowest BCUT2D eigenvalue weighted by molar-refractivity contribution is -0.139. The van der Waals surface area contributed by atoms with Crippen molar-refractivity contribution >= 4 is 23.4 Å². The number of thiazole rings is 1. The van der Waals surface area contributed by atoms with Gasteiger partial charge in [0.1, 0.15) is 5.75 Å². The standard InChI is InChI=1S/C25H28N4O4S/c1-7-28-16(5)19(14(3)27-28)13-20-23(30)29-22(17-9-11-18(32-6)12-10-17)21(24(31)33-8-2)15(4)26-25(29)34-20/h9-13,22H,7-8H2,1-6H3/b20-13+/t22-/m1/s1. The van der Waals surface area contributed by atoms with E-state index in [0.29, 0.717) is 26.4 Å². The Hall–Kier alpha value is -3.46. The highest BCUT2D eigenvalue weighted by atomic mass is 32.1. The molecule has 9 heteroatoms. The number of hydrogen-bond acceptors (Lipinski definition) is 7. The smallest absolute Gasteiger partial charge is 0.338 e. The van der Waals surface area contributed by atoms with Crippen LogP contribution in [0.1, 0.15) is 49.3 Å². The fourth-order valence-electron chi connectivity index (χ4n) is 4.25. The largest absolute Gasteiger partial charge is 0.497 e. The first-order chi connectivity index (χ1) is 16.3. The number of rotatable bonds is 6. The van der Waals surface area contributed by atoms with Crippen molar-refractivity contribution in [3.8, 4) is 5.75 Å². The van der Waals surface area contributed by atoms with Crippen LogP contribution in [0.25, 0.3) is 6.08 Å². The second-order valence-corrected chi connectivity index (χ2v) is 8.98. The molecule has 0 radical (unpaired) electrons. The number of aryl methyl sites for hydroxylation is 2. The number of carbonyl (C=O) groups is 1. The maximum absolute atomic E-state index is 13.7. The third-order valence-corrected chi connectivity index (χ3v) is 6.94. The van der Waals surface area contributed by atoms with Gasteiger partial charge in [0.2, 0.25) is 0 Å². The summed E-state index contributed by atoms with van der Waals surface area (Å²) in [4.78, 5) is 31.8. The summed E-state index contributed by atoms with van der Waals surface area (Å²) in [7, 11) is 1.59. The van der Waals surface area contributed by atoms with Gasteiger partial charge in [0, 0.05) is 17.8 Å². The van der Waals surface area contributed by atoms with E-state index in [-0.39, 0.29) is 12.2 Å². The monoisotopic (exact) mass is 480 g/mol. The van der Waals surface area contributed by atoms with Gasteiger partial charge in [-0.25, -0.2) is 9.79 Å². The van der Waals surface area contributed by atoms with Gasteiger partial charge in [-0.1, -0.05) is 23.5 Å². The summed E-state index contributed by atoms with van der Waals surface area (Å²) in [5.41, 5.74) is 4.25. The minimum Gasteiger partial charge on any atom is -0.497 e. The molecule has 0 saturated heterocycles. The average Bonchev–Trinajstić information content (AvgIpc) is 3.28. The number of benzene rings is 1. The van der Waals surface area contributed by atoms with Gasteiger partial charge in [0.05, 0.1) is 41.3 Å². The Morgan fingerprint density at radius 1 is 1.18 bits per heavy atom. The molecule has 34 heavy (non-hydrogen) atoms. The Morgan fingerprint density at radius 2 is 1.88 bits per heavy atom. The Bertz CT molecular complexity index is 1460. The highest BCUT2D eigenvalue weighted by molar-refractivity contribution is 7.07. The Kier molecular flexibility index (Phi) is 6.56. The van der Waals surface area contributed by atoms with Crippen LogP contribution < -0.4 is 19.6 Å². The lowest BCUT2D eigenvalue weighted by atomic mass is 9.96. The van der Waals surface area contributed by atoms with Gasteiger partial charge in [-0.3, -0.25) is 14.0 Å². The van der Waals surface area contributed by atoms with Gasteiger partial charge in [0.25, 0.3) is 5.56 Å². The molecule has 1 aliphatic rings. The van der Waals surface area contributed by atoms with E-state index < -0.39 is 12.0 Å². The molecule has 0 N–H and O–H groups in total. The van der Waals surface area contributed by atoms with Crippen LogP contribution in [0.3, 0.4) is 0 Å². The molecule has 0 aliphatic carbocycles. The van der Waals surface area contributed by atoms with E-state index in [9.17, 15) is 9.59 Å². The summed E-state index contributed by atoms with van der Waals surface area (Å²) in [5, 5.41) is 4.56. The zero-order valence-electron chi connectivity index (χ0n) is 20.2. The summed E-state index contributed by atoms with van der Waals surface area (Å²) in [5.74, 6) is 0.211. The number of methoxy groups -OCH3 is 1. The summed E-state index contributed by atoms with van der Waals surface area (Å²) in [6.45, 7) is 10.5. The summed E-state index contributed by atoms with van der Waals surface area (Å²) >= 11 is 1.31. The van der Waals surface area contributed by atoms with Gasteiger partial charge < -0.3 is 9.47 Å². The summed E-state index contributed by atoms with van der Waals surface area (Å²) in [6.07, 6.45) is 1.88. The van der Waals surface area contributed by atoms with Gasteiger partial charge >= 0.3 is 5.97 Å². The molecule has 1 aromatic carbocycles. The molecule has 0 unspecified atom stereocenters. The van der Waals surface area contributed by atoms with Crippen LogP contribution in [-0.4, -0.2) is 34.0 Å². The third-order valence-electron chi connectivity index (χ3n) is 5.96. The quantitative estimate of drug-likeness (QED) is 0.506. The van der Waals surface area contributed by atoms with Crippen LogP contribution in [0.15, 0.2) is 45.3 Å². The number of hydrogen-bond donors (Lipinski definition) is 0. The highest BCUT2D eigenvalue weighted by Crippen LogP contribution is 2.31. The van der Waals surface area contributed by atoms with Gasteiger partial charge in [0.15, 0.2) is 4.80 Å². The van der Waals surface area contributed by atoms with Crippen LogP contribution in [0.2, 0.25) is 0 Å². The van der Waals surface area contributed by atoms with Crippen molar-refractivity contribution in [2.24, 2.45) is 4.99 Å². The maximum Gasteiger partial charge on any atom is 0.338 e. The van der Waals surface area contributed by atoms with Crippen LogP contribution in [0, 0.1) is 13.8 Å². The fraction of sp³-hybridized carbons (Fsp3) is 0.360. The van der Waals surface area contributed by atoms with Crippen LogP contribution >= 0.6 is 11.3 Å². The van der Waals surface area contributed by atoms with E-state index in [4.69, 9.17) is 9.47 Å². The maximum atomic E-state index is 13.7. The molecular formula is C25H28N4O4S. The molecule has 1 atom stereocenters.